The minimum absolute atomic E-state index is 0.0745. The molecule has 1 aromatic carbocycles. The van der Waals surface area contributed by atoms with Crippen molar-refractivity contribution >= 4 is 27.2 Å². The molecule has 0 bridgehead atoms. The molecular formula is C14H22N2O3S2. The molecule has 1 rings (SSSR count). The van der Waals surface area contributed by atoms with Gasteiger partial charge in [-0.1, -0.05) is 44.3 Å². The average Bonchev–Trinajstić information content (AvgIpc) is 2.42. The van der Waals surface area contributed by atoms with Crippen LogP contribution in [0.25, 0.3) is 0 Å². The highest BCUT2D eigenvalue weighted by atomic mass is 32.2. The van der Waals surface area contributed by atoms with E-state index < -0.39 is 10.0 Å². The maximum Gasteiger partial charge on any atom is 0.243 e. The van der Waals surface area contributed by atoms with Crippen LogP contribution < -0.4 is 5.73 Å². The third kappa shape index (κ3) is 4.74. The Morgan fingerprint density at radius 2 is 2.00 bits per heavy atom. The van der Waals surface area contributed by atoms with Gasteiger partial charge in [-0.2, -0.15) is 4.31 Å². The van der Waals surface area contributed by atoms with Crippen molar-refractivity contribution in [3.63, 3.8) is 0 Å². The highest BCUT2D eigenvalue weighted by Crippen LogP contribution is 2.21. The molecule has 0 amide bonds. The largest absolute Gasteiger partial charge is 0.389 e. The van der Waals surface area contributed by atoms with Crippen LogP contribution in [0.5, 0.6) is 0 Å². The van der Waals surface area contributed by atoms with Gasteiger partial charge >= 0.3 is 0 Å². The maximum absolute atomic E-state index is 12.9. The molecule has 0 aromatic heterocycles. The van der Waals surface area contributed by atoms with E-state index in [0.717, 1.165) is 0 Å². The molecule has 21 heavy (non-hydrogen) atoms. The third-order valence-corrected chi connectivity index (χ3v) is 5.03. The second-order valence-electron chi connectivity index (χ2n) is 5.11. The van der Waals surface area contributed by atoms with Crippen LogP contribution in [0.1, 0.15) is 19.4 Å². The van der Waals surface area contributed by atoms with Gasteiger partial charge in [0.2, 0.25) is 10.0 Å². The fourth-order valence-electron chi connectivity index (χ4n) is 1.94. The van der Waals surface area contributed by atoms with Crippen LogP contribution in [0.4, 0.5) is 0 Å². The molecule has 7 heteroatoms. The Morgan fingerprint density at radius 1 is 1.38 bits per heavy atom. The molecule has 1 aromatic rings. The molecule has 2 N–H and O–H groups in total. The number of nitrogens with two attached hydrogens (primary N) is 1. The molecule has 0 saturated heterocycles. The van der Waals surface area contributed by atoms with E-state index >= 15 is 0 Å². The van der Waals surface area contributed by atoms with Crippen LogP contribution in [0.3, 0.4) is 0 Å². The van der Waals surface area contributed by atoms with Gasteiger partial charge in [-0.15, -0.1) is 0 Å². The van der Waals surface area contributed by atoms with Crippen molar-refractivity contribution in [2.75, 3.05) is 26.8 Å². The molecule has 0 radical (unpaired) electrons. The smallest absolute Gasteiger partial charge is 0.243 e. The lowest BCUT2D eigenvalue weighted by Crippen LogP contribution is -2.37. The van der Waals surface area contributed by atoms with Gasteiger partial charge in [0.05, 0.1) is 11.5 Å². The van der Waals surface area contributed by atoms with Crippen LogP contribution in [-0.4, -0.2) is 44.5 Å². The zero-order chi connectivity index (χ0) is 16.0. The number of ether oxygens (including phenoxy) is 1. The zero-order valence-corrected chi connectivity index (χ0v) is 14.2. The number of nitrogens with zero attached hydrogens (tertiary/aromatic N) is 1. The summed E-state index contributed by atoms with van der Waals surface area (Å²) in [6.45, 7) is 4.98. The predicted octanol–water partition coefficient (Wildman–Crippen LogP) is 1.61. The second kappa shape index (κ2) is 7.84. The molecule has 0 atom stereocenters. The first-order valence-corrected chi connectivity index (χ1v) is 8.53. The first-order chi connectivity index (χ1) is 9.80. The first kappa shape index (κ1) is 18.0. The quantitative estimate of drug-likeness (QED) is 0.733. The Morgan fingerprint density at radius 3 is 2.52 bits per heavy atom. The molecule has 0 saturated carbocycles. The molecule has 0 aliphatic heterocycles. The van der Waals surface area contributed by atoms with Gasteiger partial charge < -0.3 is 10.5 Å². The number of thiocarbonyl (C=S) groups is 1. The summed E-state index contributed by atoms with van der Waals surface area (Å²) < 4.78 is 32.1. The number of hydrogen-bond donors (Lipinski definition) is 1. The number of methoxy groups -OCH3 is 1. The average molecular weight is 330 g/mol. The Bertz CT molecular complexity index is 586. The Hall–Kier alpha value is -1.02. The molecule has 0 fully saturated rings. The van der Waals surface area contributed by atoms with Crippen molar-refractivity contribution in [3.05, 3.63) is 29.8 Å². The summed E-state index contributed by atoms with van der Waals surface area (Å²) in [7, 11) is -2.11. The fraction of sp³-hybridized carbons (Fsp3) is 0.500. The highest BCUT2D eigenvalue weighted by Gasteiger charge is 2.27. The predicted molar refractivity (Wildman–Crippen MR) is 87.8 cm³/mol. The normalized spacial score (nSPS) is 12.0. The minimum atomic E-state index is -3.66. The van der Waals surface area contributed by atoms with E-state index in [2.05, 4.69) is 0 Å². The van der Waals surface area contributed by atoms with Crippen LogP contribution in [0.2, 0.25) is 0 Å². The van der Waals surface area contributed by atoms with Crippen molar-refractivity contribution in [3.8, 4) is 0 Å². The number of benzene rings is 1. The van der Waals surface area contributed by atoms with E-state index in [-0.39, 0.29) is 15.8 Å². The van der Waals surface area contributed by atoms with E-state index in [1.54, 1.807) is 25.3 Å². The molecule has 0 spiro atoms. The molecular weight excluding hydrogens is 308 g/mol. The van der Waals surface area contributed by atoms with Crippen LogP contribution >= 0.6 is 12.2 Å². The van der Waals surface area contributed by atoms with Gasteiger partial charge in [0.1, 0.15) is 4.99 Å². The van der Waals surface area contributed by atoms with Crippen molar-refractivity contribution in [2.24, 2.45) is 11.7 Å². The summed E-state index contributed by atoms with van der Waals surface area (Å²) in [6.07, 6.45) is 0. The lowest BCUT2D eigenvalue weighted by molar-refractivity contribution is 0.175. The summed E-state index contributed by atoms with van der Waals surface area (Å²) in [6, 6.07) is 6.54. The zero-order valence-electron chi connectivity index (χ0n) is 12.6. The molecule has 5 nitrogen and oxygen atoms in total. The van der Waals surface area contributed by atoms with Gasteiger partial charge in [0, 0.05) is 25.8 Å². The van der Waals surface area contributed by atoms with E-state index in [9.17, 15) is 8.42 Å². The number of sulfonamides is 1. The van der Waals surface area contributed by atoms with Gasteiger partial charge in [-0.3, -0.25) is 0 Å². The third-order valence-electron chi connectivity index (χ3n) is 2.88. The van der Waals surface area contributed by atoms with Gasteiger partial charge in [-0.25, -0.2) is 8.42 Å². The molecule has 118 valence electrons. The van der Waals surface area contributed by atoms with Crippen molar-refractivity contribution < 1.29 is 13.2 Å². The van der Waals surface area contributed by atoms with Crippen molar-refractivity contribution in [1.29, 1.82) is 0 Å². The monoisotopic (exact) mass is 330 g/mol. The second-order valence-corrected chi connectivity index (χ2v) is 7.46. The van der Waals surface area contributed by atoms with Crippen LogP contribution in [-0.2, 0) is 14.8 Å². The Kier molecular flexibility index (Phi) is 6.73. The molecule has 0 aliphatic carbocycles. The first-order valence-electron chi connectivity index (χ1n) is 6.68. The SMILES string of the molecule is COCCN(CC(C)C)S(=O)(=O)c1ccccc1C(N)=S. The number of rotatable bonds is 8. The summed E-state index contributed by atoms with van der Waals surface area (Å²) in [4.78, 5) is 0.222. The number of hydrogen-bond acceptors (Lipinski definition) is 4. The van der Waals surface area contributed by atoms with E-state index in [0.29, 0.717) is 25.3 Å². The molecule has 0 unspecified atom stereocenters. The lowest BCUT2D eigenvalue weighted by atomic mass is 10.2. The standard InChI is InChI=1S/C14H22N2O3S2/c1-11(2)10-16(8-9-19-3)21(17,18)13-7-5-4-6-12(13)14(15)20/h4-7,11H,8-10H2,1-3H3,(H2,15,20). The molecule has 0 aliphatic rings. The summed E-state index contributed by atoms with van der Waals surface area (Å²) in [5.41, 5.74) is 6.01. The maximum atomic E-state index is 12.9. The Balaban J connectivity index is 3.25. The van der Waals surface area contributed by atoms with Gasteiger partial charge in [0.25, 0.3) is 0 Å². The summed E-state index contributed by atoms with van der Waals surface area (Å²) in [5, 5.41) is 0. The van der Waals surface area contributed by atoms with E-state index in [1.165, 1.54) is 10.4 Å². The van der Waals surface area contributed by atoms with Crippen LogP contribution in [0, 0.1) is 5.92 Å². The Labute approximate surface area is 132 Å². The van der Waals surface area contributed by atoms with Gasteiger partial charge in [-0.05, 0) is 12.0 Å². The highest BCUT2D eigenvalue weighted by molar-refractivity contribution is 7.89. The fourth-order valence-corrected chi connectivity index (χ4v) is 3.98. The summed E-state index contributed by atoms with van der Waals surface area (Å²) >= 11 is 4.95. The van der Waals surface area contributed by atoms with Crippen molar-refractivity contribution in [2.45, 2.75) is 18.7 Å². The van der Waals surface area contributed by atoms with Crippen LogP contribution in [0.15, 0.2) is 29.2 Å². The topological polar surface area (TPSA) is 72.6 Å². The van der Waals surface area contributed by atoms with E-state index in [1.807, 2.05) is 13.8 Å². The lowest BCUT2D eigenvalue weighted by Gasteiger charge is -2.24. The van der Waals surface area contributed by atoms with E-state index in [4.69, 9.17) is 22.7 Å². The van der Waals surface area contributed by atoms with Gasteiger partial charge in [0.15, 0.2) is 0 Å². The minimum Gasteiger partial charge on any atom is -0.389 e. The summed E-state index contributed by atoms with van der Waals surface area (Å²) in [5.74, 6) is 0.202. The molecule has 0 heterocycles. The van der Waals surface area contributed by atoms with Crippen molar-refractivity contribution in [1.82, 2.24) is 4.31 Å².